The SMILES string of the molecule is COc1ccc(C(N)C(C(C)=O)P(=O)(Oc2ccccc2)Oc2ccccc2)cc1. The van der Waals surface area contributed by atoms with E-state index in [1.54, 1.807) is 92.0 Å². The third-order valence-corrected chi connectivity index (χ3v) is 6.85. The Kier molecular flexibility index (Phi) is 6.93. The Labute approximate surface area is 176 Å². The van der Waals surface area contributed by atoms with Crippen molar-refractivity contribution in [3.8, 4) is 17.2 Å². The van der Waals surface area contributed by atoms with E-state index in [9.17, 15) is 9.36 Å². The van der Waals surface area contributed by atoms with Crippen LogP contribution in [0.5, 0.6) is 17.2 Å². The summed E-state index contributed by atoms with van der Waals surface area (Å²) in [5, 5.41) is 0. The summed E-state index contributed by atoms with van der Waals surface area (Å²) in [6, 6.07) is 23.2. The minimum Gasteiger partial charge on any atom is -0.497 e. The fourth-order valence-electron chi connectivity index (χ4n) is 3.07. The van der Waals surface area contributed by atoms with Crippen LogP contribution in [0.25, 0.3) is 0 Å². The first-order valence-electron chi connectivity index (χ1n) is 9.42. The molecule has 7 heteroatoms. The van der Waals surface area contributed by atoms with Gasteiger partial charge in [0.1, 0.15) is 23.0 Å². The number of para-hydroxylation sites is 2. The second kappa shape index (κ2) is 9.61. The lowest BCUT2D eigenvalue weighted by molar-refractivity contribution is -0.117. The van der Waals surface area contributed by atoms with Crippen LogP contribution in [-0.4, -0.2) is 18.6 Å². The molecule has 0 bridgehead atoms. The van der Waals surface area contributed by atoms with Crippen molar-refractivity contribution in [1.29, 1.82) is 0 Å². The monoisotopic (exact) mass is 425 g/mol. The average Bonchev–Trinajstić information content (AvgIpc) is 2.74. The van der Waals surface area contributed by atoms with Crippen LogP contribution in [0.1, 0.15) is 18.5 Å². The molecule has 30 heavy (non-hydrogen) atoms. The number of benzene rings is 3. The quantitative estimate of drug-likeness (QED) is 0.485. The minimum absolute atomic E-state index is 0.324. The first-order valence-corrected chi connectivity index (χ1v) is 11.0. The van der Waals surface area contributed by atoms with Gasteiger partial charge in [0, 0.05) is 0 Å². The highest BCUT2D eigenvalue weighted by molar-refractivity contribution is 7.56. The number of ether oxygens (including phenoxy) is 1. The van der Waals surface area contributed by atoms with E-state index in [1.807, 2.05) is 0 Å². The molecule has 3 rings (SSSR count). The van der Waals surface area contributed by atoms with E-state index >= 15 is 0 Å². The van der Waals surface area contributed by atoms with Crippen LogP contribution in [-0.2, 0) is 9.36 Å². The van der Waals surface area contributed by atoms with E-state index < -0.39 is 25.1 Å². The second-order valence-electron chi connectivity index (χ2n) is 6.70. The molecule has 6 nitrogen and oxygen atoms in total. The van der Waals surface area contributed by atoms with Crippen molar-refractivity contribution in [3.05, 3.63) is 90.5 Å². The van der Waals surface area contributed by atoms with Crippen molar-refractivity contribution >= 4 is 13.4 Å². The van der Waals surface area contributed by atoms with Crippen molar-refractivity contribution in [3.63, 3.8) is 0 Å². The van der Waals surface area contributed by atoms with Gasteiger partial charge in [0.25, 0.3) is 0 Å². The lowest BCUT2D eigenvalue weighted by atomic mass is 10.0. The number of carbonyl (C=O) groups excluding carboxylic acids is 1. The zero-order valence-electron chi connectivity index (χ0n) is 16.8. The van der Waals surface area contributed by atoms with Gasteiger partial charge in [-0.2, -0.15) is 0 Å². The maximum absolute atomic E-state index is 14.1. The van der Waals surface area contributed by atoms with Crippen molar-refractivity contribution < 1.29 is 23.1 Å². The second-order valence-corrected chi connectivity index (χ2v) is 8.70. The third kappa shape index (κ3) is 5.09. The van der Waals surface area contributed by atoms with Crippen LogP contribution in [0.15, 0.2) is 84.9 Å². The van der Waals surface area contributed by atoms with E-state index in [1.165, 1.54) is 6.92 Å². The fraction of sp³-hybridized carbons (Fsp3) is 0.174. The van der Waals surface area contributed by atoms with Gasteiger partial charge in [-0.1, -0.05) is 48.5 Å². The Morgan fingerprint density at radius 2 is 1.27 bits per heavy atom. The van der Waals surface area contributed by atoms with Gasteiger partial charge in [-0.05, 0) is 48.9 Å². The molecule has 156 valence electrons. The number of nitrogens with two attached hydrogens (primary N) is 1. The number of ketones is 1. The molecule has 0 aromatic heterocycles. The maximum Gasteiger partial charge on any atom is 0.443 e. The summed E-state index contributed by atoms with van der Waals surface area (Å²) in [6.45, 7) is 1.34. The van der Waals surface area contributed by atoms with Crippen molar-refractivity contribution in [2.45, 2.75) is 18.6 Å². The lowest BCUT2D eigenvalue weighted by Gasteiger charge is -2.29. The summed E-state index contributed by atoms with van der Waals surface area (Å²) in [5.74, 6) is 0.901. The summed E-state index contributed by atoms with van der Waals surface area (Å²) in [5.41, 5.74) is 5.83. The van der Waals surface area contributed by atoms with E-state index in [2.05, 4.69) is 0 Å². The summed E-state index contributed by atoms with van der Waals surface area (Å²) in [7, 11) is -2.52. The fourth-order valence-corrected chi connectivity index (χ4v) is 5.18. The Balaban J connectivity index is 2.02. The maximum atomic E-state index is 14.1. The Bertz CT molecular complexity index is 963. The van der Waals surface area contributed by atoms with Crippen LogP contribution in [0.2, 0.25) is 0 Å². The summed E-state index contributed by atoms with van der Waals surface area (Å²) in [4.78, 5) is 12.7. The molecular formula is C23H24NO5P. The molecular weight excluding hydrogens is 401 g/mol. The van der Waals surface area contributed by atoms with E-state index in [4.69, 9.17) is 19.5 Å². The average molecular weight is 425 g/mol. The highest BCUT2D eigenvalue weighted by atomic mass is 31.2. The molecule has 0 radical (unpaired) electrons. The van der Waals surface area contributed by atoms with Crippen molar-refractivity contribution in [2.75, 3.05) is 7.11 Å². The zero-order chi connectivity index (χ0) is 21.6. The van der Waals surface area contributed by atoms with Crippen LogP contribution >= 0.6 is 7.60 Å². The van der Waals surface area contributed by atoms with Gasteiger partial charge in [-0.15, -0.1) is 0 Å². The van der Waals surface area contributed by atoms with Gasteiger partial charge in [0.15, 0.2) is 5.66 Å². The predicted octanol–water partition coefficient (Wildman–Crippen LogP) is 5.00. The van der Waals surface area contributed by atoms with Gasteiger partial charge in [0.05, 0.1) is 13.2 Å². The zero-order valence-corrected chi connectivity index (χ0v) is 17.7. The molecule has 0 amide bonds. The molecule has 0 saturated carbocycles. The minimum atomic E-state index is -4.08. The largest absolute Gasteiger partial charge is 0.497 e. The van der Waals surface area contributed by atoms with Crippen LogP contribution < -0.4 is 19.5 Å². The topological polar surface area (TPSA) is 87.9 Å². The first-order chi connectivity index (χ1) is 14.4. The molecule has 0 aliphatic rings. The Morgan fingerprint density at radius 1 is 0.800 bits per heavy atom. The smallest absolute Gasteiger partial charge is 0.443 e. The molecule has 2 unspecified atom stereocenters. The third-order valence-electron chi connectivity index (χ3n) is 4.55. The Hall–Kier alpha value is -3.08. The van der Waals surface area contributed by atoms with Crippen molar-refractivity contribution in [1.82, 2.24) is 0 Å². The molecule has 3 aromatic carbocycles. The van der Waals surface area contributed by atoms with Gasteiger partial charge >= 0.3 is 7.60 Å². The summed E-state index contributed by atoms with van der Waals surface area (Å²) < 4.78 is 30.9. The predicted molar refractivity (Wildman–Crippen MR) is 116 cm³/mol. The summed E-state index contributed by atoms with van der Waals surface area (Å²) >= 11 is 0. The molecule has 0 heterocycles. The highest BCUT2D eigenvalue weighted by Crippen LogP contribution is 2.56. The van der Waals surface area contributed by atoms with E-state index in [0.717, 1.165) is 0 Å². The standard InChI is InChI=1S/C23H24NO5P/c1-17(25)23(22(24)18-13-15-19(27-2)16-14-18)30(26,28-20-9-5-3-6-10-20)29-21-11-7-4-8-12-21/h3-16,22-23H,24H2,1-2H3. The summed E-state index contributed by atoms with van der Waals surface area (Å²) in [6.07, 6.45) is 0. The van der Waals surface area contributed by atoms with Crippen LogP contribution in [0, 0.1) is 0 Å². The molecule has 3 aromatic rings. The molecule has 2 atom stereocenters. The number of hydrogen-bond acceptors (Lipinski definition) is 6. The Morgan fingerprint density at radius 3 is 1.67 bits per heavy atom. The van der Waals surface area contributed by atoms with Crippen molar-refractivity contribution in [2.24, 2.45) is 5.73 Å². The van der Waals surface area contributed by atoms with Gasteiger partial charge in [-0.3, -0.25) is 4.79 Å². The molecule has 0 aliphatic carbocycles. The van der Waals surface area contributed by atoms with E-state index in [-0.39, 0.29) is 0 Å². The van der Waals surface area contributed by atoms with Gasteiger partial charge in [0.2, 0.25) is 0 Å². The van der Waals surface area contributed by atoms with Crippen LogP contribution in [0.4, 0.5) is 0 Å². The van der Waals surface area contributed by atoms with E-state index in [0.29, 0.717) is 22.8 Å². The molecule has 0 spiro atoms. The number of Topliss-reactive ketones (excluding diaryl/α,β-unsaturated/α-hetero) is 1. The molecule has 0 aliphatic heterocycles. The molecule has 0 saturated heterocycles. The number of methoxy groups -OCH3 is 1. The number of carbonyl (C=O) groups is 1. The van der Waals surface area contributed by atoms with Gasteiger partial charge in [-0.25, -0.2) is 4.57 Å². The molecule has 0 fully saturated rings. The first kappa shape index (κ1) is 21.6. The highest BCUT2D eigenvalue weighted by Gasteiger charge is 2.47. The van der Waals surface area contributed by atoms with Gasteiger partial charge < -0.3 is 19.5 Å². The lowest BCUT2D eigenvalue weighted by Crippen LogP contribution is -2.35. The molecule has 2 N–H and O–H groups in total. The van der Waals surface area contributed by atoms with Crippen LogP contribution in [0.3, 0.4) is 0 Å². The normalized spacial score (nSPS) is 13.2. The number of hydrogen-bond donors (Lipinski definition) is 1. The number of rotatable bonds is 9.